The molecule has 0 unspecified atom stereocenters. The van der Waals surface area contributed by atoms with Crippen molar-refractivity contribution in [3.63, 3.8) is 0 Å². The Hall–Kier alpha value is -2.04. The van der Waals surface area contributed by atoms with Crippen LogP contribution in [0.15, 0.2) is 24.3 Å². The summed E-state index contributed by atoms with van der Waals surface area (Å²) >= 11 is 0. The number of esters is 1. The molecule has 0 bridgehead atoms. The molecular weight excluding hydrogens is 256 g/mol. The maximum absolute atomic E-state index is 11.7. The third-order valence-electron chi connectivity index (χ3n) is 3.43. The molecule has 20 heavy (non-hydrogen) atoms. The summed E-state index contributed by atoms with van der Waals surface area (Å²) in [5, 5.41) is 2.90. The van der Waals surface area contributed by atoms with E-state index in [9.17, 15) is 9.59 Å². The van der Waals surface area contributed by atoms with E-state index < -0.39 is 5.97 Å². The zero-order valence-corrected chi connectivity index (χ0v) is 11.4. The van der Waals surface area contributed by atoms with Crippen molar-refractivity contribution in [1.82, 2.24) is 5.32 Å². The number of amides is 1. The predicted molar refractivity (Wildman–Crippen MR) is 76.2 cm³/mol. The van der Waals surface area contributed by atoms with Gasteiger partial charge in [0.1, 0.15) is 0 Å². The van der Waals surface area contributed by atoms with E-state index in [0.717, 1.165) is 25.7 Å². The van der Waals surface area contributed by atoms with Crippen molar-refractivity contribution in [2.75, 3.05) is 12.3 Å². The number of nitrogens with one attached hydrogen (secondary N) is 1. The molecule has 0 radical (unpaired) electrons. The first kappa shape index (κ1) is 14.4. The lowest BCUT2D eigenvalue weighted by atomic mass is 9.95. The minimum Gasteiger partial charge on any atom is -0.452 e. The Kier molecular flexibility index (Phi) is 4.98. The molecule has 1 fully saturated rings. The summed E-state index contributed by atoms with van der Waals surface area (Å²) in [6.07, 6.45) is 5.54. The average Bonchev–Trinajstić information content (AvgIpc) is 2.46. The van der Waals surface area contributed by atoms with Crippen LogP contribution >= 0.6 is 0 Å². The van der Waals surface area contributed by atoms with Crippen LogP contribution in [-0.2, 0) is 9.53 Å². The van der Waals surface area contributed by atoms with E-state index in [2.05, 4.69) is 5.32 Å². The number of nitrogens with two attached hydrogens (primary N) is 1. The van der Waals surface area contributed by atoms with Gasteiger partial charge in [-0.05, 0) is 31.0 Å². The van der Waals surface area contributed by atoms with E-state index >= 15 is 0 Å². The minimum absolute atomic E-state index is 0.224. The molecule has 2 rings (SSSR count). The Morgan fingerprint density at radius 3 is 2.70 bits per heavy atom. The molecule has 0 aromatic heterocycles. The average molecular weight is 276 g/mol. The van der Waals surface area contributed by atoms with Crippen LogP contribution in [0.1, 0.15) is 42.5 Å². The number of rotatable bonds is 4. The summed E-state index contributed by atoms with van der Waals surface area (Å²) in [7, 11) is 0. The molecule has 0 aliphatic heterocycles. The molecule has 108 valence electrons. The fourth-order valence-electron chi connectivity index (χ4n) is 2.40. The number of hydrogen-bond donors (Lipinski definition) is 2. The van der Waals surface area contributed by atoms with Crippen molar-refractivity contribution >= 4 is 17.6 Å². The van der Waals surface area contributed by atoms with E-state index in [-0.39, 0.29) is 18.6 Å². The van der Waals surface area contributed by atoms with Crippen LogP contribution in [0.25, 0.3) is 0 Å². The molecule has 1 aliphatic carbocycles. The van der Waals surface area contributed by atoms with Crippen molar-refractivity contribution in [2.24, 2.45) is 0 Å². The topological polar surface area (TPSA) is 81.4 Å². The van der Waals surface area contributed by atoms with Crippen molar-refractivity contribution in [3.8, 4) is 0 Å². The van der Waals surface area contributed by atoms with Crippen LogP contribution < -0.4 is 11.1 Å². The number of carbonyl (C=O) groups excluding carboxylic acids is 2. The smallest absolute Gasteiger partial charge is 0.338 e. The van der Waals surface area contributed by atoms with Crippen molar-refractivity contribution in [3.05, 3.63) is 29.8 Å². The van der Waals surface area contributed by atoms with Crippen LogP contribution in [-0.4, -0.2) is 24.5 Å². The molecule has 0 atom stereocenters. The lowest BCUT2D eigenvalue weighted by Crippen LogP contribution is -2.38. The standard InChI is InChI=1S/C15H20N2O3/c16-12-6-4-5-11(9-12)15(19)20-10-14(18)17-13-7-2-1-3-8-13/h4-6,9,13H,1-3,7-8,10,16H2,(H,17,18). The molecule has 0 spiro atoms. The van der Waals surface area contributed by atoms with Crippen LogP contribution in [0.3, 0.4) is 0 Å². The Labute approximate surface area is 118 Å². The van der Waals surface area contributed by atoms with Gasteiger partial charge < -0.3 is 15.8 Å². The van der Waals surface area contributed by atoms with E-state index in [0.29, 0.717) is 11.3 Å². The van der Waals surface area contributed by atoms with Crippen LogP contribution in [0.2, 0.25) is 0 Å². The van der Waals surface area contributed by atoms with Crippen LogP contribution in [0.5, 0.6) is 0 Å². The summed E-state index contributed by atoms with van der Waals surface area (Å²) in [5.41, 5.74) is 6.44. The quantitative estimate of drug-likeness (QED) is 0.650. The van der Waals surface area contributed by atoms with Gasteiger partial charge in [-0.15, -0.1) is 0 Å². The number of carbonyl (C=O) groups is 2. The highest BCUT2D eigenvalue weighted by atomic mass is 16.5. The summed E-state index contributed by atoms with van der Waals surface area (Å²) in [4.78, 5) is 23.4. The summed E-state index contributed by atoms with van der Waals surface area (Å²) < 4.78 is 4.98. The van der Waals surface area contributed by atoms with Crippen LogP contribution in [0, 0.1) is 0 Å². The molecule has 1 amide bonds. The van der Waals surface area contributed by atoms with Gasteiger partial charge in [0.2, 0.25) is 0 Å². The van der Waals surface area contributed by atoms with Gasteiger partial charge in [0.05, 0.1) is 5.56 Å². The minimum atomic E-state index is -0.531. The first-order valence-corrected chi connectivity index (χ1v) is 6.97. The zero-order chi connectivity index (χ0) is 14.4. The SMILES string of the molecule is Nc1cccc(C(=O)OCC(=O)NC2CCCCC2)c1. The van der Waals surface area contributed by atoms with Gasteiger partial charge in [0.25, 0.3) is 5.91 Å². The van der Waals surface area contributed by atoms with Crippen molar-refractivity contribution in [2.45, 2.75) is 38.1 Å². The Morgan fingerprint density at radius 2 is 2.00 bits per heavy atom. The van der Waals surface area contributed by atoms with Crippen molar-refractivity contribution < 1.29 is 14.3 Å². The molecule has 0 saturated heterocycles. The lowest BCUT2D eigenvalue weighted by molar-refractivity contribution is -0.125. The van der Waals surface area contributed by atoms with E-state index in [1.165, 1.54) is 12.5 Å². The summed E-state index contributed by atoms with van der Waals surface area (Å²) in [5.74, 6) is -0.773. The van der Waals surface area contributed by atoms with E-state index in [4.69, 9.17) is 10.5 Å². The third kappa shape index (κ3) is 4.26. The van der Waals surface area contributed by atoms with Gasteiger partial charge in [-0.25, -0.2) is 4.79 Å². The number of ether oxygens (including phenoxy) is 1. The number of benzene rings is 1. The highest BCUT2D eigenvalue weighted by molar-refractivity contribution is 5.92. The summed E-state index contributed by atoms with van der Waals surface area (Å²) in [6, 6.07) is 6.72. The van der Waals surface area contributed by atoms with Gasteiger partial charge in [-0.3, -0.25) is 4.79 Å². The highest BCUT2D eigenvalue weighted by Crippen LogP contribution is 2.17. The predicted octanol–water partition coefficient (Wildman–Crippen LogP) is 1.87. The fraction of sp³-hybridized carbons (Fsp3) is 0.467. The number of nitrogen functional groups attached to an aromatic ring is 1. The molecule has 5 heteroatoms. The second-order valence-corrected chi connectivity index (χ2v) is 5.10. The zero-order valence-electron chi connectivity index (χ0n) is 11.4. The second-order valence-electron chi connectivity index (χ2n) is 5.10. The Bertz CT molecular complexity index is 482. The maximum atomic E-state index is 11.7. The first-order chi connectivity index (χ1) is 9.65. The molecule has 5 nitrogen and oxygen atoms in total. The largest absolute Gasteiger partial charge is 0.452 e. The van der Waals surface area contributed by atoms with Gasteiger partial charge in [-0.1, -0.05) is 25.3 Å². The molecule has 0 heterocycles. The Balaban J connectivity index is 1.76. The number of hydrogen-bond acceptors (Lipinski definition) is 4. The van der Waals surface area contributed by atoms with Gasteiger partial charge >= 0.3 is 5.97 Å². The van der Waals surface area contributed by atoms with Gasteiger partial charge in [0.15, 0.2) is 6.61 Å². The molecule has 1 aromatic carbocycles. The van der Waals surface area contributed by atoms with Gasteiger partial charge in [0, 0.05) is 11.7 Å². The monoisotopic (exact) mass is 276 g/mol. The van der Waals surface area contributed by atoms with E-state index in [1.807, 2.05) is 0 Å². The van der Waals surface area contributed by atoms with E-state index in [1.54, 1.807) is 18.2 Å². The van der Waals surface area contributed by atoms with Crippen LogP contribution in [0.4, 0.5) is 5.69 Å². The molecule has 1 aliphatic rings. The summed E-state index contributed by atoms with van der Waals surface area (Å²) in [6.45, 7) is -0.246. The lowest BCUT2D eigenvalue weighted by Gasteiger charge is -2.22. The number of anilines is 1. The maximum Gasteiger partial charge on any atom is 0.338 e. The normalized spacial score (nSPS) is 15.6. The highest BCUT2D eigenvalue weighted by Gasteiger charge is 2.17. The Morgan fingerprint density at radius 1 is 1.25 bits per heavy atom. The third-order valence-corrected chi connectivity index (χ3v) is 3.43. The first-order valence-electron chi connectivity index (χ1n) is 6.97. The molecule has 1 aromatic rings. The molecule has 3 N–H and O–H groups in total. The molecular formula is C15H20N2O3. The van der Waals surface area contributed by atoms with Crippen molar-refractivity contribution in [1.29, 1.82) is 0 Å². The van der Waals surface area contributed by atoms with Gasteiger partial charge in [-0.2, -0.15) is 0 Å². The molecule has 1 saturated carbocycles. The fourth-order valence-corrected chi connectivity index (χ4v) is 2.40. The second kappa shape index (κ2) is 6.93.